The van der Waals surface area contributed by atoms with E-state index < -0.39 is 5.97 Å². The van der Waals surface area contributed by atoms with E-state index >= 15 is 0 Å². The second kappa shape index (κ2) is 9.12. The summed E-state index contributed by atoms with van der Waals surface area (Å²) in [6.07, 6.45) is 8.04. The van der Waals surface area contributed by atoms with E-state index in [1.165, 1.54) is 32.1 Å². The lowest BCUT2D eigenvalue weighted by atomic mass is 10.1. The molecule has 0 unspecified atom stereocenters. The maximum atomic E-state index is 10.00. The SMILES string of the molecule is CCCCCCCCC#CC(=O)O. The first-order chi connectivity index (χ1) is 6.27. The van der Waals surface area contributed by atoms with Crippen LogP contribution < -0.4 is 0 Å². The van der Waals surface area contributed by atoms with Gasteiger partial charge >= 0.3 is 5.97 Å². The van der Waals surface area contributed by atoms with Crippen molar-refractivity contribution in [2.75, 3.05) is 0 Å². The maximum Gasteiger partial charge on any atom is 0.381 e. The summed E-state index contributed by atoms with van der Waals surface area (Å²) < 4.78 is 0. The fourth-order valence-electron chi connectivity index (χ4n) is 1.13. The van der Waals surface area contributed by atoms with Crippen LogP contribution in [-0.4, -0.2) is 11.1 Å². The van der Waals surface area contributed by atoms with Gasteiger partial charge in [-0.2, -0.15) is 0 Å². The molecule has 0 aliphatic heterocycles. The zero-order valence-corrected chi connectivity index (χ0v) is 8.31. The molecule has 0 saturated heterocycles. The lowest BCUT2D eigenvalue weighted by Gasteiger charge is -1.96. The minimum atomic E-state index is -1.02. The molecule has 0 fully saturated rings. The maximum absolute atomic E-state index is 10.00. The van der Waals surface area contributed by atoms with Gasteiger partial charge in [0.2, 0.25) is 0 Å². The quantitative estimate of drug-likeness (QED) is 0.506. The van der Waals surface area contributed by atoms with Gasteiger partial charge in [-0.1, -0.05) is 44.9 Å². The Labute approximate surface area is 80.3 Å². The normalized spacial score (nSPS) is 9.00. The lowest BCUT2D eigenvalue weighted by Crippen LogP contribution is -1.86. The van der Waals surface area contributed by atoms with Gasteiger partial charge in [-0.25, -0.2) is 4.79 Å². The van der Waals surface area contributed by atoms with Crippen LogP contribution in [0.2, 0.25) is 0 Å². The first kappa shape index (κ1) is 12.0. The Morgan fingerprint density at radius 3 is 2.38 bits per heavy atom. The first-order valence-corrected chi connectivity index (χ1v) is 4.99. The molecule has 0 saturated carbocycles. The molecule has 0 radical (unpaired) electrons. The zero-order chi connectivity index (χ0) is 9.94. The largest absolute Gasteiger partial charge is 0.472 e. The van der Waals surface area contributed by atoms with Crippen LogP contribution in [0.3, 0.4) is 0 Å². The van der Waals surface area contributed by atoms with E-state index in [4.69, 9.17) is 5.11 Å². The smallest absolute Gasteiger partial charge is 0.381 e. The summed E-state index contributed by atoms with van der Waals surface area (Å²) in [6, 6.07) is 0. The molecule has 13 heavy (non-hydrogen) atoms. The monoisotopic (exact) mass is 182 g/mol. The standard InChI is InChI=1S/C11H18O2/c1-2-3-4-5-6-7-8-9-10-11(12)13/h2-8H2,1H3,(H,12,13). The van der Waals surface area contributed by atoms with Crippen molar-refractivity contribution in [3.05, 3.63) is 0 Å². The predicted molar refractivity (Wildman–Crippen MR) is 53.4 cm³/mol. The third-order valence-electron chi connectivity index (χ3n) is 1.85. The Hall–Kier alpha value is -0.970. The van der Waals surface area contributed by atoms with Gasteiger partial charge in [0.15, 0.2) is 0 Å². The van der Waals surface area contributed by atoms with Gasteiger partial charge in [0.25, 0.3) is 0 Å². The Morgan fingerprint density at radius 2 is 1.77 bits per heavy atom. The molecular weight excluding hydrogens is 164 g/mol. The minimum absolute atomic E-state index is 0.721. The number of carbonyl (C=O) groups is 1. The van der Waals surface area contributed by atoms with Gasteiger partial charge in [-0.15, -0.1) is 0 Å². The fraction of sp³-hybridized carbons (Fsp3) is 0.727. The molecular formula is C11H18O2. The Bertz CT molecular complexity index is 186. The average molecular weight is 182 g/mol. The minimum Gasteiger partial charge on any atom is -0.472 e. The molecule has 0 aromatic heterocycles. The molecule has 74 valence electrons. The van der Waals surface area contributed by atoms with Crippen molar-refractivity contribution in [1.82, 2.24) is 0 Å². The van der Waals surface area contributed by atoms with E-state index in [0.29, 0.717) is 0 Å². The van der Waals surface area contributed by atoms with Crippen LogP contribution in [0.4, 0.5) is 0 Å². The molecule has 0 amide bonds. The molecule has 0 spiro atoms. The summed E-state index contributed by atoms with van der Waals surface area (Å²) in [7, 11) is 0. The number of rotatable bonds is 6. The number of hydrogen-bond acceptors (Lipinski definition) is 1. The summed E-state index contributed by atoms with van der Waals surface area (Å²) in [5.74, 6) is 3.72. The predicted octanol–water partition coefficient (Wildman–Crippen LogP) is 2.83. The van der Waals surface area contributed by atoms with Crippen LogP contribution in [0.1, 0.15) is 51.9 Å². The molecule has 1 N–H and O–H groups in total. The summed E-state index contributed by atoms with van der Waals surface area (Å²) >= 11 is 0. The Kier molecular flexibility index (Phi) is 8.44. The highest BCUT2D eigenvalue weighted by Gasteiger charge is 1.88. The summed E-state index contributed by atoms with van der Waals surface area (Å²) in [4.78, 5) is 10.00. The second-order valence-electron chi connectivity index (χ2n) is 3.12. The molecule has 0 heterocycles. The zero-order valence-electron chi connectivity index (χ0n) is 8.31. The number of unbranched alkanes of at least 4 members (excludes halogenated alkanes) is 6. The molecule has 0 aromatic carbocycles. The van der Waals surface area contributed by atoms with E-state index in [1.807, 2.05) is 0 Å². The first-order valence-electron chi connectivity index (χ1n) is 4.99. The third-order valence-corrected chi connectivity index (χ3v) is 1.85. The van der Waals surface area contributed by atoms with Crippen LogP contribution in [0.25, 0.3) is 0 Å². The van der Waals surface area contributed by atoms with Gasteiger partial charge in [0, 0.05) is 12.3 Å². The highest BCUT2D eigenvalue weighted by molar-refractivity contribution is 5.86. The summed E-state index contributed by atoms with van der Waals surface area (Å²) in [5.41, 5.74) is 0. The van der Waals surface area contributed by atoms with E-state index in [-0.39, 0.29) is 0 Å². The number of carboxylic acid groups (broad SMARTS) is 1. The second-order valence-corrected chi connectivity index (χ2v) is 3.12. The molecule has 2 nitrogen and oxygen atoms in total. The van der Waals surface area contributed by atoms with Gasteiger partial charge in [-0.05, 0) is 6.42 Å². The molecule has 0 aliphatic rings. The van der Waals surface area contributed by atoms with Crippen molar-refractivity contribution in [2.24, 2.45) is 0 Å². The molecule has 0 atom stereocenters. The summed E-state index contributed by atoms with van der Waals surface area (Å²) in [6.45, 7) is 2.19. The van der Waals surface area contributed by atoms with Gasteiger partial charge in [0.1, 0.15) is 0 Å². The number of hydrogen-bond donors (Lipinski definition) is 1. The van der Waals surface area contributed by atoms with Gasteiger partial charge in [0.05, 0.1) is 0 Å². The Balaban J connectivity index is 3.09. The van der Waals surface area contributed by atoms with Crippen LogP contribution in [0, 0.1) is 11.8 Å². The highest BCUT2D eigenvalue weighted by Crippen LogP contribution is 2.05. The van der Waals surface area contributed by atoms with Crippen molar-refractivity contribution in [3.63, 3.8) is 0 Å². The Morgan fingerprint density at radius 1 is 1.15 bits per heavy atom. The van der Waals surface area contributed by atoms with Gasteiger partial charge < -0.3 is 5.11 Å². The van der Waals surface area contributed by atoms with E-state index in [9.17, 15) is 4.79 Å². The van der Waals surface area contributed by atoms with E-state index in [1.54, 1.807) is 0 Å². The topological polar surface area (TPSA) is 37.3 Å². The van der Waals surface area contributed by atoms with Crippen molar-refractivity contribution >= 4 is 5.97 Å². The van der Waals surface area contributed by atoms with Crippen molar-refractivity contribution in [1.29, 1.82) is 0 Å². The third kappa shape index (κ3) is 11.0. The molecule has 0 rings (SSSR count). The molecule has 0 aromatic rings. The molecule has 2 heteroatoms. The molecule has 0 aliphatic carbocycles. The fourth-order valence-corrected chi connectivity index (χ4v) is 1.13. The van der Waals surface area contributed by atoms with Crippen LogP contribution in [-0.2, 0) is 4.79 Å². The van der Waals surface area contributed by atoms with Crippen LogP contribution in [0.15, 0.2) is 0 Å². The van der Waals surface area contributed by atoms with Gasteiger partial charge in [-0.3, -0.25) is 0 Å². The molecule has 0 bridgehead atoms. The van der Waals surface area contributed by atoms with E-state index in [2.05, 4.69) is 18.8 Å². The van der Waals surface area contributed by atoms with E-state index in [0.717, 1.165) is 12.8 Å². The van der Waals surface area contributed by atoms with Crippen molar-refractivity contribution in [3.8, 4) is 11.8 Å². The van der Waals surface area contributed by atoms with Crippen LogP contribution in [0.5, 0.6) is 0 Å². The van der Waals surface area contributed by atoms with Crippen molar-refractivity contribution < 1.29 is 9.90 Å². The summed E-state index contributed by atoms with van der Waals surface area (Å²) in [5, 5.41) is 8.21. The average Bonchev–Trinajstić information content (AvgIpc) is 2.09. The number of aliphatic carboxylic acids is 1. The van der Waals surface area contributed by atoms with Crippen LogP contribution >= 0.6 is 0 Å². The lowest BCUT2D eigenvalue weighted by molar-refractivity contribution is -0.130. The highest BCUT2D eigenvalue weighted by atomic mass is 16.4. The van der Waals surface area contributed by atoms with Crippen molar-refractivity contribution in [2.45, 2.75) is 51.9 Å². The number of carboxylic acids is 1.